The first-order chi connectivity index (χ1) is 7.82. The lowest BCUT2D eigenvalue weighted by molar-refractivity contribution is 0.820. The molecule has 0 bridgehead atoms. The third kappa shape index (κ3) is 2.94. The summed E-state index contributed by atoms with van der Waals surface area (Å²) >= 11 is 22.4. The van der Waals surface area contributed by atoms with Crippen LogP contribution in [0.25, 0.3) is 0 Å². The Hall–Kier alpha value is 0.570. The Morgan fingerprint density at radius 3 is 1.53 bits per heavy atom. The van der Waals surface area contributed by atoms with Crippen molar-refractivity contribution >= 4 is 50.7 Å². The second-order valence-electron chi connectivity index (χ2n) is 4.69. The summed E-state index contributed by atoms with van der Waals surface area (Å²) in [4.78, 5) is 0. The van der Waals surface area contributed by atoms with Gasteiger partial charge in [-0.1, -0.05) is 66.8 Å². The zero-order valence-electron chi connectivity index (χ0n) is 10.4. The molecule has 0 aliphatic rings. The first-order valence-corrected chi connectivity index (χ1v) is 7.66. The van der Waals surface area contributed by atoms with Gasteiger partial charge in [0.2, 0.25) is 0 Å². The molecule has 0 aliphatic heterocycles. The third-order valence-electron chi connectivity index (χ3n) is 2.76. The van der Waals surface area contributed by atoms with Crippen molar-refractivity contribution in [3.8, 4) is 0 Å². The Kier molecular flexibility index (Phi) is 5.65. The second kappa shape index (κ2) is 6.14. The molecule has 17 heavy (non-hydrogen) atoms. The quantitative estimate of drug-likeness (QED) is 0.525. The molecule has 0 aliphatic carbocycles. The predicted octanol–water partition coefficient (Wildman–Crippen LogP) is 6.74. The molecular weight excluding hydrogens is 342 g/mol. The topological polar surface area (TPSA) is 0 Å². The van der Waals surface area contributed by atoms with E-state index in [0.717, 1.165) is 21.2 Å². The summed E-state index contributed by atoms with van der Waals surface area (Å²) in [5.74, 6) is 0.993. The molecule has 0 nitrogen and oxygen atoms in total. The Morgan fingerprint density at radius 2 is 1.29 bits per heavy atom. The van der Waals surface area contributed by atoms with Crippen LogP contribution in [0.3, 0.4) is 0 Å². The minimum atomic E-state index is 0.327. The first-order valence-electron chi connectivity index (χ1n) is 5.57. The summed E-state index contributed by atoms with van der Waals surface area (Å²) in [6.45, 7) is 8.45. The summed E-state index contributed by atoms with van der Waals surface area (Å²) < 4.78 is 1.02. The number of hydrogen-bond donors (Lipinski definition) is 0. The zero-order chi connectivity index (χ0) is 13.3. The van der Waals surface area contributed by atoms with E-state index in [9.17, 15) is 0 Å². The Morgan fingerprint density at radius 1 is 0.941 bits per heavy atom. The van der Waals surface area contributed by atoms with E-state index in [1.54, 1.807) is 0 Å². The van der Waals surface area contributed by atoms with Crippen molar-refractivity contribution in [1.82, 2.24) is 0 Å². The Bertz CT molecular complexity index is 390. The van der Waals surface area contributed by atoms with E-state index in [1.165, 1.54) is 0 Å². The number of hydrogen-bond acceptors (Lipinski definition) is 0. The molecule has 0 aromatic heterocycles. The highest BCUT2D eigenvalue weighted by molar-refractivity contribution is 9.10. The van der Waals surface area contributed by atoms with E-state index in [1.807, 2.05) is 0 Å². The van der Waals surface area contributed by atoms with Crippen molar-refractivity contribution in [3.05, 3.63) is 31.2 Å². The van der Waals surface area contributed by atoms with Crippen LogP contribution in [-0.4, -0.2) is 0 Å². The van der Waals surface area contributed by atoms with Gasteiger partial charge in [0, 0.05) is 10.0 Å². The first kappa shape index (κ1) is 15.6. The van der Waals surface area contributed by atoms with Gasteiger partial charge in [-0.3, -0.25) is 0 Å². The van der Waals surface area contributed by atoms with E-state index >= 15 is 0 Å². The minimum Gasteiger partial charge on any atom is -0.121 e. The monoisotopic (exact) mass is 356 g/mol. The van der Waals surface area contributed by atoms with E-state index in [4.69, 9.17) is 34.8 Å². The molecule has 1 aromatic rings. The van der Waals surface area contributed by atoms with Gasteiger partial charge in [0.1, 0.15) is 0 Å². The SMILES string of the molecule is CC(C)c1c(Cl)c(CCl)c(Cl)c(C(C)C)c1Br. The van der Waals surface area contributed by atoms with E-state index in [-0.39, 0.29) is 0 Å². The molecule has 1 rings (SSSR count). The number of benzene rings is 1. The third-order valence-corrected chi connectivity index (χ3v) is 4.75. The van der Waals surface area contributed by atoms with Crippen LogP contribution in [0, 0.1) is 0 Å². The van der Waals surface area contributed by atoms with Crippen molar-refractivity contribution in [2.75, 3.05) is 0 Å². The van der Waals surface area contributed by atoms with Crippen molar-refractivity contribution < 1.29 is 0 Å². The van der Waals surface area contributed by atoms with E-state index in [0.29, 0.717) is 27.8 Å². The standard InChI is InChI=1S/C13H16BrCl3/c1-6(2)9-11(14)10(7(3)4)13(17)8(5-15)12(9)16/h6-7H,5H2,1-4H3. The van der Waals surface area contributed by atoms with Crippen molar-refractivity contribution in [2.24, 2.45) is 0 Å². The lowest BCUT2D eigenvalue weighted by Crippen LogP contribution is -2.03. The average molecular weight is 359 g/mol. The summed E-state index contributed by atoms with van der Waals surface area (Å²) in [5, 5.41) is 1.38. The number of alkyl halides is 1. The van der Waals surface area contributed by atoms with E-state index < -0.39 is 0 Å². The van der Waals surface area contributed by atoms with Crippen molar-refractivity contribution in [1.29, 1.82) is 0 Å². The molecule has 0 saturated heterocycles. The minimum absolute atomic E-state index is 0.327. The van der Waals surface area contributed by atoms with Gasteiger partial charge in [0.15, 0.2) is 0 Å². The lowest BCUT2D eigenvalue weighted by atomic mass is 9.93. The molecule has 96 valence electrons. The molecule has 0 radical (unpaired) electrons. The summed E-state index contributed by atoms with van der Waals surface area (Å²) in [5.41, 5.74) is 3.02. The number of rotatable bonds is 3. The van der Waals surface area contributed by atoms with Crippen LogP contribution in [0.5, 0.6) is 0 Å². The zero-order valence-corrected chi connectivity index (χ0v) is 14.2. The van der Waals surface area contributed by atoms with Crippen LogP contribution in [0.2, 0.25) is 10.0 Å². The normalized spacial score (nSPS) is 11.6. The molecule has 0 heterocycles. The maximum Gasteiger partial charge on any atom is 0.0511 e. The molecular formula is C13H16BrCl3. The molecule has 1 aromatic carbocycles. The lowest BCUT2D eigenvalue weighted by Gasteiger charge is -2.21. The average Bonchev–Trinajstić information content (AvgIpc) is 2.16. The van der Waals surface area contributed by atoms with Gasteiger partial charge in [-0.05, 0) is 23.0 Å². The van der Waals surface area contributed by atoms with Gasteiger partial charge >= 0.3 is 0 Å². The molecule has 0 unspecified atom stereocenters. The van der Waals surface area contributed by atoms with Crippen LogP contribution in [0.4, 0.5) is 0 Å². The largest absolute Gasteiger partial charge is 0.121 e. The van der Waals surface area contributed by atoms with Gasteiger partial charge in [-0.15, -0.1) is 11.6 Å². The summed E-state index contributed by atoms with van der Waals surface area (Å²) in [7, 11) is 0. The van der Waals surface area contributed by atoms with Crippen molar-refractivity contribution in [2.45, 2.75) is 45.4 Å². The Labute approximate surface area is 127 Å². The number of halogens is 4. The van der Waals surface area contributed by atoms with Crippen LogP contribution < -0.4 is 0 Å². The van der Waals surface area contributed by atoms with E-state index in [2.05, 4.69) is 43.6 Å². The highest BCUT2D eigenvalue weighted by atomic mass is 79.9. The molecule has 4 heteroatoms. The molecule has 0 spiro atoms. The highest BCUT2D eigenvalue weighted by Gasteiger charge is 2.23. The van der Waals surface area contributed by atoms with Crippen LogP contribution in [0.15, 0.2) is 4.47 Å². The molecule has 0 saturated carbocycles. The fraction of sp³-hybridized carbons (Fsp3) is 0.538. The molecule has 0 atom stereocenters. The van der Waals surface area contributed by atoms with Crippen LogP contribution in [-0.2, 0) is 5.88 Å². The van der Waals surface area contributed by atoms with Gasteiger partial charge in [0.05, 0.1) is 15.9 Å². The summed E-state index contributed by atoms with van der Waals surface area (Å²) in [6.07, 6.45) is 0. The fourth-order valence-electron chi connectivity index (χ4n) is 1.89. The smallest absolute Gasteiger partial charge is 0.0511 e. The highest BCUT2D eigenvalue weighted by Crippen LogP contribution is 2.44. The van der Waals surface area contributed by atoms with Crippen molar-refractivity contribution in [3.63, 3.8) is 0 Å². The second-order valence-corrected chi connectivity index (χ2v) is 6.51. The van der Waals surface area contributed by atoms with Crippen LogP contribution >= 0.6 is 50.7 Å². The summed E-state index contributed by atoms with van der Waals surface area (Å²) in [6, 6.07) is 0. The molecule has 0 amide bonds. The van der Waals surface area contributed by atoms with Gasteiger partial charge in [-0.2, -0.15) is 0 Å². The maximum atomic E-state index is 6.39. The van der Waals surface area contributed by atoms with Gasteiger partial charge < -0.3 is 0 Å². The fourth-order valence-corrected chi connectivity index (χ4v) is 4.83. The predicted molar refractivity (Wildman–Crippen MR) is 81.9 cm³/mol. The van der Waals surface area contributed by atoms with Crippen LogP contribution in [0.1, 0.15) is 56.2 Å². The molecule has 0 fully saturated rings. The van der Waals surface area contributed by atoms with Gasteiger partial charge in [-0.25, -0.2) is 0 Å². The Balaban J connectivity index is 3.69. The van der Waals surface area contributed by atoms with Gasteiger partial charge in [0.25, 0.3) is 0 Å². The maximum absolute atomic E-state index is 6.39. The molecule has 0 N–H and O–H groups in total.